The van der Waals surface area contributed by atoms with E-state index in [1.807, 2.05) is 0 Å². The van der Waals surface area contributed by atoms with Gasteiger partial charge in [0.25, 0.3) is 0 Å². The SMILES string of the molecule is COC(=O)CC(CN)CCN1CCCC1. The summed E-state index contributed by atoms with van der Waals surface area (Å²) in [7, 11) is 1.43. The van der Waals surface area contributed by atoms with Gasteiger partial charge in [-0.05, 0) is 51.4 Å². The second-order valence-electron chi connectivity index (χ2n) is 4.22. The summed E-state index contributed by atoms with van der Waals surface area (Å²) in [6.45, 7) is 4.05. The highest BCUT2D eigenvalue weighted by Crippen LogP contribution is 2.13. The first kappa shape index (κ1) is 12.5. The van der Waals surface area contributed by atoms with Gasteiger partial charge in [0.15, 0.2) is 0 Å². The third kappa shape index (κ3) is 4.62. The van der Waals surface area contributed by atoms with Crippen LogP contribution in [0.4, 0.5) is 0 Å². The lowest BCUT2D eigenvalue weighted by molar-refractivity contribution is -0.141. The lowest BCUT2D eigenvalue weighted by Crippen LogP contribution is -2.26. The molecule has 1 heterocycles. The number of methoxy groups -OCH3 is 1. The van der Waals surface area contributed by atoms with Gasteiger partial charge in [0.05, 0.1) is 7.11 Å². The van der Waals surface area contributed by atoms with E-state index in [0.717, 1.165) is 13.0 Å². The molecule has 0 aromatic carbocycles. The lowest BCUT2D eigenvalue weighted by Gasteiger charge is -2.18. The molecule has 1 atom stereocenters. The summed E-state index contributed by atoms with van der Waals surface area (Å²) in [4.78, 5) is 13.5. The highest BCUT2D eigenvalue weighted by molar-refractivity contribution is 5.69. The van der Waals surface area contributed by atoms with Gasteiger partial charge in [-0.3, -0.25) is 4.79 Å². The first-order valence-corrected chi connectivity index (χ1v) is 5.75. The van der Waals surface area contributed by atoms with E-state index in [4.69, 9.17) is 5.73 Å². The third-order valence-corrected chi connectivity index (χ3v) is 3.07. The maximum atomic E-state index is 11.1. The number of nitrogens with zero attached hydrogens (tertiary/aromatic N) is 1. The number of nitrogens with two attached hydrogens (primary N) is 1. The maximum Gasteiger partial charge on any atom is 0.305 e. The molecule has 0 spiro atoms. The van der Waals surface area contributed by atoms with Gasteiger partial charge in [-0.2, -0.15) is 0 Å². The van der Waals surface area contributed by atoms with E-state index >= 15 is 0 Å². The quantitative estimate of drug-likeness (QED) is 0.658. The molecule has 0 amide bonds. The Balaban J connectivity index is 2.17. The minimum absolute atomic E-state index is 0.146. The van der Waals surface area contributed by atoms with Gasteiger partial charge < -0.3 is 15.4 Å². The summed E-state index contributed by atoms with van der Waals surface area (Å²) in [5, 5.41) is 0. The molecule has 0 saturated carbocycles. The maximum absolute atomic E-state index is 11.1. The summed E-state index contributed by atoms with van der Waals surface area (Å²) in [5.41, 5.74) is 5.63. The van der Waals surface area contributed by atoms with Crippen molar-refractivity contribution in [3.63, 3.8) is 0 Å². The van der Waals surface area contributed by atoms with Crippen LogP contribution >= 0.6 is 0 Å². The van der Waals surface area contributed by atoms with E-state index in [1.165, 1.54) is 33.0 Å². The molecular formula is C11H22N2O2. The highest BCUT2D eigenvalue weighted by atomic mass is 16.5. The first-order valence-electron chi connectivity index (χ1n) is 5.75. The van der Waals surface area contributed by atoms with Crippen LogP contribution in [0.2, 0.25) is 0 Å². The predicted molar refractivity (Wildman–Crippen MR) is 59.5 cm³/mol. The first-order chi connectivity index (χ1) is 7.26. The van der Waals surface area contributed by atoms with E-state index in [-0.39, 0.29) is 11.9 Å². The molecule has 88 valence electrons. The average molecular weight is 214 g/mol. The van der Waals surface area contributed by atoms with Crippen LogP contribution in [0.25, 0.3) is 0 Å². The predicted octanol–water partition coefficient (Wildman–Crippen LogP) is 0.610. The summed E-state index contributed by atoms with van der Waals surface area (Å²) < 4.78 is 4.65. The minimum Gasteiger partial charge on any atom is -0.469 e. The smallest absolute Gasteiger partial charge is 0.305 e. The van der Waals surface area contributed by atoms with Crippen molar-refractivity contribution in [3.8, 4) is 0 Å². The molecule has 0 aromatic rings. The molecule has 1 saturated heterocycles. The number of carbonyl (C=O) groups is 1. The summed E-state index contributed by atoms with van der Waals surface area (Å²) in [6, 6.07) is 0. The zero-order chi connectivity index (χ0) is 11.1. The summed E-state index contributed by atoms with van der Waals surface area (Å²) in [5.74, 6) is 0.130. The topological polar surface area (TPSA) is 55.6 Å². The monoisotopic (exact) mass is 214 g/mol. The molecule has 1 fully saturated rings. The number of rotatable bonds is 6. The molecule has 4 nitrogen and oxygen atoms in total. The Morgan fingerprint density at radius 2 is 2.13 bits per heavy atom. The van der Waals surface area contributed by atoms with Gasteiger partial charge in [0, 0.05) is 6.42 Å². The molecule has 15 heavy (non-hydrogen) atoms. The second-order valence-corrected chi connectivity index (χ2v) is 4.22. The van der Waals surface area contributed by atoms with Crippen LogP contribution < -0.4 is 5.73 Å². The molecule has 1 unspecified atom stereocenters. The van der Waals surface area contributed by atoms with Crippen LogP contribution in [0.3, 0.4) is 0 Å². The highest BCUT2D eigenvalue weighted by Gasteiger charge is 2.16. The van der Waals surface area contributed by atoms with E-state index < -0.39 is 0 Å². The molecule has 0 radical (unpaired) electrons. The Bertz CT molecular complexity index is 191. The number of likely N-dealkylation sites (tertiary alicyclic amines) is 1. The van der Waals surface area contributed by atoms with Crippen molar-refractivity contribution in [2.45, 2.75) is 25.7 Å². The van der Waals surface area contributed by atoms with Crippen molar-refractivity contribution >= 4 is 5.97 Å². The van der Waals surface area contributed by atoms with Crippen molar-refractivity contribution in [3.05, 3.63) is 0 Å². The zero-order valence-electron chi connectivity index (χ0n) is 9.58. The van der Waals surface area contributed by atoms with Gasteiger partial charge in [0.2, 0.25) is 0 Å². The number of hydrogen-bond donors (Lipinski definition) is 1. The van der Waals surface area contributed by atoms with Gasteiger partial charge in [0.1, 0.15) is 0 Å². The van der Waals surface area contributed by atoms with Crippen molar-refractivity contribution in [1.29, 1.82) is 0 Å². The molecular weight excluding hydrogens is 192 g/mol. The average Bonchev–Trinajstić information content (AvgIpc) is 2.76. The number of hydrogen-bond acceptors (Lipinski definition) is 4. The fraction of sp³-hybridized carbons (Fsp3) is 0.909. The van der Waals surface area contributed by atoms with Crippen LogP contribution in [0.5, 0.6) is 0 Å². The number of carbonyl (C=O) groups excluding carboxylic acids is 1. The Morgan fingerprint density at radius 1 is 1.47 bits per heavy atom. The van der Waals surface area contributed by atoms with Crippen molar-refractivity contribution < 1.29 is 9.53 Å². The molecule has 0 bridgehead atoms. The molecule has 1 aliphatic rings. The number of ether oxygens (including phenoxy) is 1. The van der Waals surface area contributed by atoms with E-state index in [0.29, 0.717) is 13.0 Å². The molecule has 0 aromatic heterocycles. The Morgan fingerprint density at radius 3 is 2.67 bits per heavy atom. The largest absolute Gasteiger partial charge is 0.469 e. The fourth-order valence-corrected chi connectivity index (χ4v) is 1.99. The Labute approximate surface area is 91.8 Å². The van der Waals surface area contributed by atoms with Gasteiger partial charge in [-0.15, -0.1) is 0 Å². The molecule has 2 N–H and O–H groups in total. The number of esters is 1. The normalized spacial score (nSPS) is 19.1. The fourth-order valence-electron chi connectivity index (χ4n) is 1.99. The van der Waals surface area contributed by atoms with E-state index in [1.54, 1.807) is 0 Å². The van der Waals surface area contributed by atoms with E-state index in [9.17, 15) is 4.79 Å². The van der Waals surface area contributed by atoms with Gasteiger partial charge >= 0.3 is 5.97 Å². The van der Waals surface area contributed by atoms with Crippen LogP contribution in [0, 0.1) is 5.92 Å². The molecule has 1 rings (SSSR count). The molecule has 1 aliphatic heterocycles. The lowest BCUT2D eigenvalue weighted by atomic mass is 10.0. The van der Waals surface area contributed by atoms with Crippen molar-refractivity contribution in [1.82, 2.24) is 4.90 Å². The zero-order valence-corrected chi connectivity index (χ0v) is 9.58. The standard InChI is InChI=1S/C11H22N2O2/c1-15-11(14)8-10(9-12)4-7-13-5-2-3-6-13/h10H,2-9,12H2,1H3. The minimum atomic E-state index is -0.146. The second kappa shape index (κ2) is 6.80. The Kier molecular flexibility index (Phi) is 5.65. The van der Waals surface area contributed by atoms with Crippen LogP contribution in [0.1, 0.15) is 25.7 Å². The van der Waals surface area contributed by atoms with E-state index in [2.05, 4.69) is 9.64 Å². The van der Waals surface area contributed by atoms with Crippen LogP contribution in [-0.4, -0.2) is 44.2 Å². The Hall–Kier alpha value is -0.610. The summed E-state index contributed by atoms with van der Waals surface area (Å²) in [6.07, 6.45) is 4.08. The molecule has 4 heteroatoms. The van der Waals surface area contributed by atoms with Crippen LogP contribution in [0.15, 0.2) is 0 Å². The van der Waals surface area contributed by atoms with Gasteiger partial charge in [-0.25, -0.2) is 0 Å². The molecule has 0 aliphatic carbocycles. The summed E-state index contributed by atoms with van der Waals surface area (Å²) >= 11 is 0. The van der Waals surface area contributed by atoms with Gasteiger partial charge in [-0.1, -0.05) is 0 Å². The van der Waals surface area contributed by atoms with Crippen molar-refractivity contribution in [2.75, 3.05) is 33.3 Å². The third-order valence-electron chi connectivity index (χ3n) is 3.07. The van der Waals surface area contributed by atoms with Crippen LogP contribution in [-0.2, 0) is 9.53 Å². The van der Waals surface area contributed by atoms with Crippen molar-refractivity contribution in [2.24, 2.45) is 11.7 Å².